The van der Waals surface area contributed by atoms with Crippen LogP contribution < -0.4 is 0 Å². The summed E-state index contributed by atoms with van der Waals surface area (Å²) in [6.45, 7) is 4.20. The lowest BCUT2D eigenvalue weighted by molar-refractivity contribution is -0.140. The second-order valence-corrected chi connectivity index (χ2v) is 12.9. The van der Waals surface area contributed by atoms with Crippen LogP contribution in [0.4, 0.5) is 0 Å². The van der Waals surface area contributed by atoms with Crippen LogP contribution in [0, 0.1) is 0 Å². The van der Waals surface area contributed by atoms with E-state index in [0.29, 0.717) is 6.42 Å². The predicted molar refractivity (Wildman–Crippen MR) is 59.8 cm³/mol. The van der Waals surface area contributed by atoms with Gasteiger partial charge in [0.25, 0.3) is 0 Å². The number of hydrogen-bond donors (Lipinski definition) is 0. The maximum atomic E-state index is 10.7. The van der Waals surface area contributed by atoms with Crippen molar-refractivity contribution in [2.45, 2.75) is 12.8 Å². The second-order valence-electron chi connectivity index (χ2n) is 2.76. The van der Waals surface area contributed by atoms with E-state index >= 15 is 0 Å². The number of ether oxygens (including phenoxy) is 1. The van der Waals surface area contributed by atoms with Crippen molar-refractivity contribution in [2.24, 2.45) is 0 Å². The molecule has 72 valence electrons. The maximum Gasteiger partial charge on any atom is 0.305 e. The Morgan fingerprint density at radius 2 is 2.17 bits per heavy atom. The average molecular weight is 226 g/mol. The fraction of sp³-hybridized carbons (Fsp3) is 0.857. The van der Waals surface area contributed by atoms with E-state index in [1.165, 1.54) is 7.11 Å². The quantitative estimate of drug-likeness (QED) is 0.408. The summed E-state index contributed by atoms with van der Waals surface area (Å²) in [5.41, 5.74) is 0. The van der Waals surface area contributed by atoms with Gasteiger partial charge in [0.2, 0.25) is 0 Å². The molecule has 0 saturated carbocycles. The van der Waals surface area contributed by atoms with Gasteiger partial charge in [-0.1, -0.05) is 11.8 Å². The summed E-state index contributed by atoms with van der Waals surface area (Å²) >= 11 is 7.05. The van der Waals surface area contributed by atoms with Crippen molar-refractivity contribution in [3.63, 3.8) is 0 Å². The summed E-state index contributed by atoms with van der Waals surface area (Å²) in [5, 5.41) is -1.14. The highest BCUT2D eigenvalue weighted by atomic mass is 32.9. The van der Waals surface area contributed by atoms with Gasteiger partial charge in [-0.05, 0) is 25.5 Å². The Balaban J connectivity index is 3.34. The van der Waals surface area contributed by atoms with E-state index in [2.05, 4.69) is 18.1 Å². The highest BCUT2D eigenvalue weighted by Gasteiger charge is 2.04. The molecular formula is C7H15O2PS2. The van der Waals surface area contributed by atoms with Crippen LogP contribution in [-0.2, 0) is 21.3 Å². The zero-order valence-corrected chi connectivity index (χ0v) is 10.2. The van der Waals surface area contributed by atoms with E-state index in [1.807, 2.05) is 0 Å². The van der Waals surface area contributed by atoms with Crippen LogP contribution in [0.1, 0.15) is 12.8 Å². The first-order chi connectivity index (χ1) is 5.45. The van der Waals surface area contributed by atoms with Gasteiger partial charge in [-0.3, -0.25) is 4.79 Å². The van der Waals surface area contributed by atoms with E-state index in [4.69, 9.17) is 11.8 Å². The molecule has 0 radical (unpaired) electrons. The Bertz CT molecular complexity index is 188. The minimum absolute atomic E-state index is 0.129. The third-order valence-corrected chi connectivity index (χ3v) is 5.61. The topological polar surface area (TPSA) is 26.3 Å². The summed E-state index contributed by atoms with van der Waals surface area (Å²) in [4.78, 5) is 10.7. The van der Waals surface area contributed by atoms with Crippen molar-refractivity contribution in [3.8, 4) is 0 Å². The van der Waals surface area contributed by atoms with Crippen molar-refractivity contribution in [2.75, 3.05) is 26.2 Å². The summed E-state index contributed by atoms with van der Waals surface area (Å²) < 4.78 is 4.52. The number of carbonyl (C=O) groups is 1. The predicted octanol–water partition coefficient (Wildman–Crippen LogP) is 2.33. The van der Waals surface area contributed by atoms with Crippen LogP contribution in [0.5, 0.6) is 0 Å². The van der Waals surface area contributed by atoms with Crippen molar-refractivity contribution < 1.29 is 9.53 Å². The van der Waals surface area contributed by atoms with Crippen LogP contribution in [0.2, 0.25) is 0 Å². The Hall–Kier alpha value is 0.470. The molecule has 12 heavy (non-hydrogen) atoms. The van der Waals surface area contributed by atoms with Gasteiger partial charge in [0.05, 0.1) is 7.11 Å². The number of carbonyl (C=O) groups excluding carboxylic acids is 1. The third-order valence-electron chi connectivity index (χ3n) is 1.16. The lowest BCUT2D eigenvalue weighted by atomic mass is 10.3. The molecule has 0 amide bonds. The van der Waals surface area contributed by atoms with Crippen molar-refractivity contribution >= 4 is 34.4 Å². The maximum absolute atomic E-state index is 10.7. The van der Waals surface area contributed by atoms with Gasteiger partial charge in [0.15, 0.2) is 0 Å². The van der Waals surface area contributed by atoms with Crippen molar-refractivity contribution in [1.29, 1.82) is 0 Å². The van der Waals surface area contributed by atoms with Crippen LogP contribution in [0.3, 0.4) is 0 Å². The van der Waals surface area contributed by atoms with Gasteiger partial charge < -0.3 is 4.74 Å². The van der Waals surface area contributed by atoms with Crippen LogP contribution in [0.25, 0.3) is 0 Å². The highest BCUT2D eigenvalue weighted by molar-refractivity contribution is 8.70. The van der Waals surface area contributed by atoms with Crippen molar-refractivity contribution in [3.05, 3.63) is 0 Å². The molecule has 0 unspecified atom stereocenters. The number of rotatable bonds is 5. The third kappa shape index (κ3) is 8.57. The van der Waals surface area contributed by atoms with Gasteiger partial charge in [0.1, 0.15) is 0 Å². The average Bonchev–Trinajstić information content (AvgIpc) is 1.96. The Morgan fingerprint density at radius 1 is 1.58 bits per heavy atom. The van der Waals surface area contributed by atoms with E-state index < -0.39 is 5.24 Å². The van der Waals surface area contributed by atoms with Gasteiger partial charge in [-0.25, -0.2) is 0 Å². The highest BCUT2D eigenvalue weighted by Crippen LogP contribution is 2.51. The molecule has 0 N–H and O–H groups in total. The lowest BCUT2D eigenvalue weighted by Gasteiger charge is -2.07. The summed E-state index contributed by atoms with van der Waals surface area (Å²) in [6.07, 6.45) is 1.39. The normalized spacial score (nSPS) is 11.2. The lowest BCUT2D eigenvalue weighted by Crippen LogP contribution is -1.99. The molecule has 0 saturated heterocycles. The standard InChI is InChI=1S/C7H15O2PS2/c1-9-7(8)5-4-6-12-10(2,3)11/h4-6H2,1-3H3. The zero-order valence-electron chi connectivity index (χ0n) is 7.70. The molecule has 0 atom stereocenters. The van der Waals surface area contributed by atoms with Gasteiger partial charge in [-0.2, -0.15) is 0 Å². The van der Waals surface area contributed by atoms with Crippen LogP contribution in [-0.4, -0.2) is 32.2 Å². The Morgan fingerprint density at radius 3 is 2.58 bits per heavy atom. The van der Waals surface area contributed by atoms with Crippen molar-refractivity contribution in [1.82, 2.24) is 0 Å². The SMILES string of the molecule is COC(=O)CCCSP(C)(C)=S. The first-order valence-electron chi connectivity index (χ1n) is 3.72. The minimum atomic E-state index is -1.14. The molecule has 0 aliphatic heterocycles. The van der Waals surface area contributed by atoms with Gasteiger partial charge >= 0.3 is 5.97 Å². The molecule has 0 aromatic carbocycles. The molecule has 0 rings (SSSR count). The monoisotopic (exact) mass is 226 g/mol. The fourth-order valence-electron chi connectivity index (χ4n) is 0.603. The summed E-state index contributed by atoms with van der Waals surface area (Å²) in [7, 11) is 1.42. The molecule has 0 aliphatic carbocycles. The van der Waals surface area contributed by atoms with E-state index in [9.17, 15) is 4.79 Å². The molecule has 0 spiro atoms. The number of esters is 1. The summed E-state index contributed by atoms with van der Waals surface area (Å²) in [5.74, 6) is 0.843. The molecule has 0 aliphatic rings. The van der Waals surface area contributed by atoms with E-state index in [-0.39, 0.29) is 5.97 Å². The molecule has 0 bridgehead atoms. The number of methoxy groups -OCH3 is 1. The molecule has 0 aromatic rings. The summed E-state index contributed by atoms with van der Waals surface area (Å²) in [6, 6.07) is 0. The largest absolute Gasteiger partial charge is 0.469 e. The molecular weight excluding hydrogens is 211 g/mol. The molecule has 0 fully saturated rings. The Kier molecular flexibility index (Phi) is 6.24. The van der Waals surface area contributed by atoms with Crippen LogP contribution >= 0.6 is 16.6 Å². The Labute approximate surface area is 83.2 Å². The minimum Gasteiger partial charge on any atom is -0.469 e. The first kappa shape index (κ1) is 12.5. The zero-order chi connectivity index (χ0) is 9.61. The molecule has 0 heterocycles. The van der Waals surface area contributed by atoms with E-state index in [1.54, 1.807) is 11.4 Å². The smallest absolute Gasteiger partial charge is 0.305 e. The van der Waals surface area contributed by atoms with Gasteiger partial charge in [-0.15, -0.1) is 11.4 Å². The van der Waals surface area contributed by atoms with E-state index in [0.717, 1.165) is 12.2 Å². The number of hydrogen-bond acceptors (Lipinski definition) is 4. The fourth-order valence-corrected chi connectivity index (χ4v) is 3.69. The second kappa shape index (κ2) is 6.01. The van der Waals surface area contributed by atoms with Gasteiger partial charge in [0, 0.05) is 11.7 Å². The molecule has 2 nitrogen and oxygen atoms in total. The molecule has 5 heteroatoms. The first-order valence-corrected chi connectivity index (χ1v) is 9.01. The molecule has 0 aromatic heterocycles. The van der Waals surface area contributed by atoms with Crippen LogP contribution in [0.15, 0.2) is 0 Å².